The Balaban J connectivity index is 0.000000417. The topological polar surface area (TPSA) is 61.8 Å². The van der Waals surface area contributed by atoms with E-state index in [-0.39, 0.29) is 21.7 Å². The molecule has 3 atom stereocenters. The maximum atomic E-state index is 6.41. The monoisotopic (exact) mass is 568 g/mol. The lowest BCUT2D eigenvalue weighted by atomic mass is 9.50. The van der Waals surface area contributed by atoms with Crippen molar-refractivity contribution in [3.63, 3.8) is 0 Å². The van der Waals surface area contributed by atoms with Crippen LogP contribution in [0.4, 0.5) is 0 Å². The molecule has 0 radical (unpaired) electrons. The second kappa shape index (κ2) is 13.8. The van der Waals surface area contributed by atoms with E-state index in [0.717, 1.165) is 12.2 Å². The summed E-state index contributed by atoms with van der Waals surface area (Å²) in [4.78, 5) is 0. The number of unbranched alkanes of at least 4 members (excludes halogenated alkanes) is 1. The minimum atomic E-state index is -1.22. The van der Waals surface area contributed by atoms with E-state index in [2.05, 4.69) is 91.2 Å². The Morgan fingerprint density at radius 1 is 0.947 bits per heavy atom. The number of hydrogen-bond donors (Lipinski definition) is 0. The first kappa shape index (κ1) is 32.8. The van der Waals surface area contributed by atoms with Crippen molar-refractivity contribution in [1.82, 2.24) is 0 Å². The third kappa shape index (κ3) is 9.63. The first-order valence-corrected chi connectivity index (χ1v) is 16.5. The Morgan fingerprint density at radius 3 is 2.03 bits per heavy atom. The number of allylic oxidation sites excluding steroid dienone is 3. The van der Waals surface area contributed by atoms with Crippen LogP contribution < -0.4 is 4.52 Å². The van der Waals surface area contributed by atoms with Gasteiger partial charge in [0.15, 0.2) is 0 Å². The van der Waals surface area contributed by atoms with Crippen molar-refractivity contribution < 1.29 is 22.2 Å². The van der Waals surface area contributed by atoms with Crippen molar-refractivity contribution in [1.29, 1.82) is 0 Å². The van der Waals surface area contributed by atoms with Crippen LogP contribution >= 0.6 is 16.7 Å². The van der Waals surface area contributed by atoms with Crippen LogP contribution in [0, 0.1) is 27.6 Å². The molecule has 2 aromatic rings. The molecule has 0 amide bonds. The van der Waals surface area contributed by atoms with Crippen LogP contribution in [0.3, 0.4) is 0 Å². The Hall–Kier alpha value is -1.44. The lowest BCUT2D eigenvalue weighted by Gasteiger charge is -2.54. The third-order valence-electron chi connectivity index (χ3n) is 7.16. The van der Waals surface area contributed by atoms with E-state index in [1.165, 1.54) is 55.9 Å². The summed E-state index contributed by atoms with van der Waals surface area (Å²) in [6.45, 7) is 25.7. The smallest absolute Gasteiger partial charge is 0.387 e. The summed E-state index contributed by atoms with van der Waals surface area (Å²) in [6.07, 6.45) is 13.3. The van der Waals surface area contributed by atoms with Gasteiger partial charge in [0.2, 0.25) is 0 Å². The van der Waals surface area contributed by atoms with Gasteiger partial charge < -0.3 is 4.52 Å². The van der Waals surface area contributed by atoms with E-state index in [1.807, 2.05) is 11.9 Å². The van der Waals surface area contributed by atoms with Gasteiger partial charge in [0, 0.05) is 5.41 Å². The van der Waals surface area contributed by atoms with Gasteiger partial charge in [-0.05, 0) is 58.0 Å². The molecule has 0 bridgehead atoms. The normalized spacial score (nSPS) is 21.8. The number of rotatable bonds is 6. The summed E-state index contributed by atoms with van der Waals surface area (Å²) in [5, 5.41) is 0. The zero-order chi connectivity index (χ0) is 28.6. The van der Waals surface area contributed by atoms with Crippen LogP contribution in [0.2, 0.25) is 0 Å². The predicted molar refractivity (Wildman–Crippen MR) is 161 cm³/mol. The Bertz CT molecular complexity index is 965. The third-order valence-corrected chi connectivity index (χ3v) is 8.28. The van der Waals surface area contributed by atoms with Crippen molar-refractivity contribution in [2.24, 2.45) is 27.6 Å². The van der Waals surface area contributed by atoms with E-state index >= 15 is 0 Å². The molecule has 2 aliphatic rings. The summed E-state index contributed by atoms with van der Waals surface area (Å²) in [5.74, 6) is 3.40. The summed E-state index contributed by atoms with van der Waals surface area (Å²) >= 11 is 0. The van der Waals surface area contributed by atoms with Crippen LogP contribution in [0.25, 0.3) is 0 Å². The van der Waals surface area contributed by atoms with Gasteiger partial charge in [-0.15, -0.1) is 0 Å². The second-order valence-corrected chi connectivity index (χ2v) is 15.4. The van der Waals surface area contributed by atoms with Gasteiger partial charge in [0.05, 0.1) is 8.43 Å². The molecule has 5 nitrogen and oxygen atoms in total. The largest absolute Gasteiger partial charge is 0.529 e. The first-order valence-electron chi connectivity index (χ1n) is 14.4. The fraction of sp³-hybridized carbons (Fsp3) is 0.742. The molecule has 0 saturated heterocycles. The van der Waals surface area contributed by atoms with Crippen molar-refractivity contribution in [2.45, 2.75) is 121 Å². The molecular formula is C31H54O5P2. The molecule has 0 N–H and O–H groups in total. The Kier molecular flexibility index (Phi) is 11.9. The summed E-state index contributed by atoms with van der Waals surface area (Å²) in [5.41, 5.74) is 3.01. The highest BCUT2D eigenvalue weighted by Gasteiger charge is 2.53. The maximum Gasteiger partial charge on any atom is 0.529 e. The molecular weight excluding hydrogens is 514 g/mol. The highest BCUT2D eigenvalue weighted by atomic mass is 31.1. The summed E-state index contributed by atoms with van der Waals surface area (Å²) < 4.78 is 25.6. The molecule has 4 rings (SSSR count). The van der Waals surface area contributed by atoms with Gasteiger partial charge in [-0.25, -0.2) is 0 Å². The molecule has 1 fully saturated rings. The Labute approximate surface area is 234 Å². The van der Waals surface area contributed by atoms with Crippen LogP contribution in [0.15, 0.2) is 64.8 Å². The van der Waals surface area contributed by atoms with E-state index in [1.54, 1.807) is 6.07 Å². The van der Waals surface area contributed by atoms with Gasteiger partial charge >= 0.3 is 8.24 Å². The average molecular weight is 569 g/mol. The van der Waals surface area contributed by atoms with Crippen molar-refractivity contribution in [2.75, 3.05) is 0 Å². The highest BCUT2D eigenvalue weighted by Crippen LogP contribution is 2.62. The van der Waals surface area contributed by atoms with E-state index < -0.39 is 8.24 Å². The van der Waals surface area contributed by atoms with Gasteiger partial charge in [0.1, 0.15) is 12.0 Å². The van der Waals surface area contributed by atoms with E-state index in [0.29, 0.717) is 14.4 Å². The fourth-order valence-electron chi connectivity index (χ4n) is 5.49. The molecule has 38 heavy (non-hydrogen) atoms. The molecule has 7 heteroatoms. The van der Waals surface area contributed by atoms with Crippen LogP contribution in [-0.2, 0) is 0 Å². The first-order chi connectivity index (χ1) is 17.7. The predicted octanol–water partition coefficient (Wildman–Crippen LogP) is 12.0. The Morgan fingerprint density at radius 2 is 1.58 bits per heavy atom. The van der Waals surface area contributed by atoms with Crippen LogP contribution in [0.5, 0.6) is 0 Å². The molecule has 3 unspecified atom stereocenters. The van der Waals surface area contributed by atoms with Gasteiger partial charge in [-0.2, -0.15) is 8.71 Å². The average Bonchev–Trinajstić information content (AvgIpc) is 3.69. The second-order valence-electron chi connectivity index (χ2n) is 13.8. The molecule has 0 aliphatic heterocycles. The van der Waals surface area contributed by atoms with E-state index in [4.69, 9.17) is 13.2 Å². The highest BCUT2D eigenvalue weighted by molar-refractivity contribution is 7.34. The summed E-state index contributed by atoms with van der Waals surface area (Å²) in [7, 11) is -0.892. The zero-order valence-corrected chi connectivity index (χ0v) is 27.8. The van der Waals surface area contributed by atoms with Gasteiger partial charge in [-0.1, -0.05) is 120 Å². The van der Waals surface area contributed by atoms with Crippen LogP contribution in [0.1, 0.15) is 121 Å². The zero-order valence-electron chi connectivity index (χ0n) is 25.9. The van der Waals surface area contributed by atoms with Crippen molar-refractivity contribution in [3.8, 4) is 0 Å². The van der Waals surface area contributed by atoms with Crippen molar-refractivity contribution >= 4 is 16.7 Å². The lowest BCUT2D eigenvalue weighted by Crippen LogP contribution is -2.46. The molecule has 0 aromatic carbocycles. The molecule has 0 spiro atoms. The lowest BCUT2D eigenvalue weighted by molar-refractivity contribution is 0.0799. The minimum absolute atomic E-state index is 0.00130. The SMILES string of the molecule is C1CC1.CCCCC1(CC)C(C(C)(C)C)=C(Op2oo2)C(C(C)(C)C)=CC1C(C)(C)C.c1cc[pH]ooc1. The fourth-order valence-corrected chi connectivity index (χ4v) is 6.36. The summed E-state index contributed by atoms with van der Waals surface area (Å²) in [6, 6.07) is 3.66. The standard InChI is InChI=1S/C24H43O3P.C4H5O2P.C3H6/c1-12-14-15-24(13-2)18(22(6,7)8)16-17(21(3,4)5)19(25-28-26-27-28)20(24)23(9,10)11;1-2-4-7-6-5-3-1;1-2-3-1/h16,18H,12-15H2,1-11H3;1-4,7H;1-3H2. The van der Waals surface area contributed by atoms with Gasteiger partial charge in [0.25, 0.3) is 0 Å². The van der Waals surface area contributed by atoms with Crippen LogP contribution in [-0.4, -0.2) is 0 Å². The van der Waals surface area contributed by atoms with Crippen molar-refractivity contribution in [3.05, 3.63) is 47.2 Å². The maximum absolute atomic E-state index is 6.41. The molecule has 2 aliphatic carbocycles. The quantitative estimate of drug-likeness (QED) is 0.324. The number of hydrogen-bond acceptors (Lipinski definition) is 5. The molecule has 1 saturated carbocycles. The minimum Gasteiger partial charge on any atom is -0.387 e. The molecule has 2 heterocycles. The van der Waals surface area contributed by atoms with Gasteiger partial charge in [-0.3, -0.25) is 8.93 Å². The van der Waals surface area contributed by atoms with E-state index in [9.17, 15) is 0 Å². The molecule has 218 valence electrons. The molecule has 2 aromatic heterocycles.